The van der Waals surface area contributed by atoms with E-state index < -0.39 is 0 Å². The topological polar surface area (TPSA) is 46.6 Å². The van der Waals surface area contributed by atoms with Gasteiger partial charge in [-0.25, -0.2) is 0 Å². The van der Waals surface area contributed by atoms with E-state index in [9.17, 15) is 9.59 Å². The molecular weight excluding hydrogens is 381 g/mol. The van der Waals surface area contributed by atoms with Crippen molar-refractivity contribution in [3.8, 4) is 5.75 Å². The minimum atomic E-state index is -0.332. The zero-order valence-corrected chi connectivity index (χ0v) is 15.5. The summed E-state index contributed by atoms with van der Waals surface area (Å²) in [7, 11) is 1.47. The number of methoxy groups -OCH3 is 1. The number of hydrogen-bond acceptors (Lipinski definition) is 4. The number of carbonyl (C=O) groups is 2. The molecule has 0 saturated carbocycles. The Morgan fingerprint density at radius 2 is 1.76 bits per heavy atom. The van der Waals surface area contributed by atoms with Gasteiger partial charge in [0.25, 0.3) is 11.1 Å². The van der Waals surface area contributed by atoms with Crippen LogP contribution in [0.3, 0.4) is 0 Å². The van der Waals surface area contributed by atoms with E-state index in [0.717, 1.165) is 17.3 Å². The number of rotatable bonds is 4. The zero-order chi connectivity index (χ0) is 18.0. The summed E-state index contributed by atoms with van der Waals surface area (Å²) in [4.78, 5) is 26.3. The molecule has 1 aliphatic heterocycles. The number of imide groups is 1. The van der Waals surface area contributed by atoms with Crippen molar-refractivity contribution in [3.63, 3.8) is 0 Å². The molecule has 128 valence electrons. The Hall–Kier alpha value is -1.95. The van der Waals surface area contributed by atoms with Crippen LogP contribution >= 0.6 is 35.0 Å². The van der Waals surface area contributed by atoms with Crippen LogP contribution in [-0.4, -0.2) is 23.2 Å². The molecule has 25 heavy (non-hydrogen) atoms. The first-order valence-corrected chi connectivity index (χ1v) is 8.89. The molecule has 1 heterocycles. The van der Waals surface area contributed by atoms with Crippen LogP contribution in [0.2, 0.25) is 10.0 Å². The van der Waals surface area contributed by atoms with Crippen molar-refractivity contribution in [2.75, 3.05) is 7.11 Å². The highest BCUT2D eigenvalue weighted by Crippen LogP contribution is 2.37. The van der Waals surface area contributed by atoms with Gasteiger partial charge in [-0.1, -0.05) is 53.5 Å². The second-order valence-corrected chi connectivity index (χ2v) is 7.08. The van der Waals surface area contributed by atoms with Crippen LogP contribution in [0.5, 0.6) is 5.75 Å². The number of hydrogen-bond donors (Lipinski definition) is 0. The van der Waals surface area contributed by atoms with E-state index >= 15 is 0 Å². The van der Waals surface area contributed by atoms with E-state index in [1.807, 2.05) is 30.3 Å². The standard InChI is InChI=1S/C18H13Cl2NO3S/c1-24-16-13(19)7-12(8-14(16)20)9-15-17(22)21(18(23)25-15)10-11-5-3-2-4-6-11/h2-9H,10H2,1H3/b15-9-. The van der Waals surface area contributed by atoms with E-state index in [1.165, 1.54) is 12.0 Å². The molecule has 2 aromatic carbocycles. The molecular formula is C18H13Cl2NO3S. The highest BCUT2D eigenvalue weighted by atomic mass is 35.5. The number of benzene rings is 2. The Kier molecular flexibility index (Phi) is 5.37. The predicted molar refractivity (Wildman–Crippen MR) is 101 cm³/mol. The van der Waals surface area contributed by atoms with E-state index in [-0.39, 0.29) is 17.7 Å². The van der Waals surface area contributed by atoms with Crippen molar-refractivity contribution < 1.29 is 14.3 Å². The third-order valence-electron chi connectivity index (χ3n) is 3.58. The van der Waals surface area contributed by atoms with Gasteiger partial charge < -0.3 is 4.74 Å². The number of nitrogens with zero attached hydrogens (tertiary/aromatic N) is 1. The molecule has 1 fully saturated rings. The van der Waals surface area contributed by atoms with E-state index in [0.29, 0.717) is 26.3 Å². The first-order chi connectivity index (χ1) is 12.0. The maximum Gasteiger partial charge on any atom is 0.293 e. The normalized spacial score (nSPS) is 16.0. The number of thioether (sulfide) groups is 1. The molecule has 0 atom stereocenters. The van der Waals surface area contributed by atoms with Gasteiger partial charge in [0.15, 0.2) is 5.75 Å². The summed E-state index contributed by atoms with van der Waals surface area (Å²) >= 11 is 13.1. The second kappa shape index (κ2) is 7.52. The lowest BCUT2D eigenvalue weighted by molar-refractivity contribution is -0.123. The van der Waals surface area contributed by atoms with Gasteiger partial charge in [-0.15, -0.1) is 0 Å². The first kappa shape index (κ1) is 17.9. The highest BCUT2D eigenvalue weighted by molar-refractivity contribution is 8.18. The van der Waals surface area contributed by atoms with Crippen molar-refractivity contribution >= 4 is 52.2 Å². The van der Waals surface area contributed by atoms with Crippen LogP contribution in [0.25, 0.3) is 6.08 Å². The van der Waals surface area contributed by atoms with Crippen molar-refractivity contribution in [2.24, 2.45) is 0 Å². The predicted octanol–water partition coefficient (Wildman–Crippen LogP) is 5.24. The van der Waals surface area contributed by atoms with Gasteiger partial charge in [-0.2, -0.15) is 0 Å². The quantitative estimate of drug-likeness (QED) is 0.666. The molecule has 0 N–H and O–H groups in total. The van der Waals surface area contributed by atoms with Gasteiger partial charge in [-0.3, -0.25) is 14.5 Å². The van der Waals surface area contributed by atoms with Crippen molar-refractivity contribution in [1.82, 2.24) is 4.90 Å². The molecule has 2 aromatic rings. The van der Waals surface area contributed by atoms with E-state index in [1.54, 1.807) is 18.2 Å². The minimum absolute atomic E-state index is 0.243. The van der Waals surface area contributed by atoms with E-state index in [4.69, 9.17) is 27.9 Å². The summed E-state index contributed by atoms with van der Waals surface area (Å²) in [5.41, 5.74) is 1.52. The third kappa shape index (κ3) is 3.84. The zero-order valence-electron chi connectivity index (χ0n) is 13.2. The number of halogens is 2. The molecule has 1 saturated heterocycles. The van der Waals surface area contributed by atoms with Crippen LogP contribution in [0.1, 0.15) is 11.1 Å². The van der Waals surface area contributed by atoms with Crippen LogP contribution < -0.4 is 4.74 Å². The number of carbonyl (C=O) groups excluding carboxylic acids is 2. The lowest BCUT2D eigenvalue weighted by Gasteiger charge is -2.12. The fourth-order valence-electron chi connectivity index (χ4n) is 2.41. The average Bonchev–Trinajstić information content (AvgIpc) is 2.83. The lowest BCUT2D eigenvalue weighted by atomic mass is 10.2. The highest BCUT2D eigenvalue weighted by Gasteiger charge is 2.35. The SMILES string of the molecule is COc1c(Cl)cc(/C=C2\SC(=O)N(Cc3ccccc3)C2=O)cc1Cl. The van der Waals surface area contributed by atoms with Crippen molar-refractivity contribution in [1.29, 1.82) is 0 Å². The molecule has 3 rings (SSSR count). The van der Waals surface area contributed by atoms with Gasteiger partial charge in [-0.05, 0) is 41.1 Å². The molecule has 1 aliphatic rings. The van der Waals surface area contributed by atoms with Gasteiger partial charge in [0, 0.05) is 0 Å². The maximum absolute atomic E-state index is 12.5. The van der Waals surface area contributed by atoms with Crippen LogP contribution in [0, 0.1) is 0 Å². The Morgan fingerprint density at radius 1 is 1.12 bits per heavy atom. The minimum Gasteiger partial charge on any atom is -0.494 e. The Balaban J connectivity index is 1.85. The van der Waals surface area contributed by atoms with Gasteiger partial charge >= 0.3 is 0 Å². The molecule has 0 aromatic heterocycles. The fourth-order valence-corrected chi connectivity index (χ4v) is 3.91. The molecule has 0 bridgehead atoms. The monoisotopic (exact) mass is 393 g/mol. The summed E-state index contributed by atoms with van der Waals surface area (Å²) in [5, 5.41) is 0.375. The summed E-state index contributed by atoms with van der Waals surface area (Å²) in [6.07, 6.45) is 1.60. The average molecular weight is 394 g/mol. The van der Waals surface area contributed by atoms with Crippen molar-refractivity contribution in [3.05, 3.63) is 68.5 Å². The van der Waals surface area contributed by atoms with Gasteiger partial charge in [0.2, 0.25) is 0 Å². The molecule has 7 heteroatoms. The first-order valence-electron chi connectivity index (χ1n) is 7.32. The van der Waals surface area contributed by atoms with Gasteiger partial charge in [0.1, 0.15) is 0 Å². The molecule has 2 amide bonds. The summed E-state index contributed by atoms with van der Waals surface area (Å²) in [6, 6.07) is 12.6. The molecule has 0 unspecified atom stereocenters. The molecule has 0 radical (unpaired) electrons. The van der Waals surface area contributed by atoms with Crippen LogP contribution in [-0.2, 0) is 11.3 Å². The molecule has 0 aliphatic carbocycles. The summed E-state index contributed by atoms with van der Waals surface area (Å²) in [5.74, 6) is 0.0413. The molecule has 0 spiro atoms. The Labute approximate surface area is 159 Å². The van der Waals surface area contributed by atoms with Crippen molar-refractivity contribution in [2.45, 2.75) is 6.54 Å². The van der Waals surface area contributed by atoms with Crippen LogP contribution in [0.15, 0.2) is 47.4 Å². The third-order valence-corrected chi connectivity index (χ3v) is 5.05. The van der Waals surface area contributed by atoms with Crippen LogP contribution in [0.4, 0.5) is 4.79 Å². The fraction of sp³-hybridized carbons (Fsp3) is 0.111. The number of ether oxygens (including phenoxy) is 1. The summed E-state index contributed by atoms with van der Waals surface area (Å²) < 4.78 is 5.10. The second-order valence-electron chi connectivity index (χ2n) is 5.27. The summed E-state index contributed by atoms with van der Waals surface area (Å²) in [6.45, 7) is 0.243. The smallest absolute Gasteiger partial charge is 0.293 e. The Morgan fingerprint density at radius 3 is 2.36 bits per heavy atom. The molecule has 4 nitrogen and oxygen atoms in total. The van der Waals surface area contributed by atoms with E-state index in [2.05, 4.69) is 0 Å². The van der Waals surface area contributed by atoms with Gasteiger partial charge in [0.05, 0.1) is 28.6 Å². The largest absolute Gasteiger partial charge is 0.494 e. The number of amides is 2. The lowest BCUT2D eigenvalue weighted by Crippen LogP contribution is -2.27. The Bertz CT molecular complexity index is 845. The maximum atomic E-state index is 12.5.